The summed E-state index contributed by atoms with van der Waals surface area (Å²) in [6.45, 7) is 1.25. The molecule has 10 heavy (non-hydrogen) atoms. The third kappa shape index (κ3) is 2.27. The molecule has 0 bridgehead atoms. The predicted octanol–water partition coefficient (Wildman–Crippen LogP) is 3.66. The third-order valence-electron chi connectivity index (χ3n) is 0.878. The van der Waals surface area contributed by atoms with E-state index in [1.807, 2.05) is 0 Å². The Morgan fingerprint density at radius 2 is 1.60 bits per heavy atom. The molecule has 0 aliphatic heterocycles. The smallest absolute Gasteiger partial charge is 0.168 e. The summed E-state index contributed by atoms with van der Waals surface area (Å²) in [5.41, 5.74) is 0. The molecule has 0 heterocycles. The van der Waals surface area contributed by atoms with Crippen LogP contribution in [-0.4, -0.2) is 14.8 Å². The quantitative estimate of drug-likeness (QED) is 0.649. The van der Waals surface area contributed by atoms with Gasteiger partial charge in [0, 0.05) is 0 Å². The molecule has 1 unspecified atom stereocenters. The van der Waals surface area contributed by atoms with Gasteiger partial charge in [0.1, 0.15) is 0 Å². The van der Waals surface area contributed by atoms with Crippen LogP contribution in [0, 0.1) is 0 Å². The zero-order valence-corrected chi connectivity index (χ0v) is 8.77. The van der Waals surface area contributed by atoms with E-state index in [1.165, 1.54) is 6.92 Å². The molecular weight excluding hydrogens is 300 g/mol. The van der Waals surface area contributed by atoms with Gasteiger partial charge in [-0.1, -0.05) is 31.9 Å². The Bertz CT molecular complexity index is 120. The van der Waals surface area contributed by atoms with Crippen molar-refractivity contribution in [3.05, 3.63) is 0 Å². The van der Waals surface area contributed by atoms with Crippen molar-refractivity contribution < 1.29 is 13.2 Å². The van der Waals surface area contributed by atoms with E-state index in [9.17, 15) is 13.2 Å². The Balaban J connectivity index is 4.40. The lowest BCUT2D eigenvalue weighted by molar-refractivity contribution is -0.133. The van der Waals surface area contributed by atoms with Crippen molar-refractivity contribution in [2.45, 2.75) is 21.7 Å². The Kier molecular flexibility index (Phi) is 3.52. The first-order valence-electron chi connectivity index (χ1n) is 2.28. The molecule has 0 N–H and O–H groups in total. The first-order chi connectivity index (χ1) is 4.19. The van der Waals surface area contributed by atoms with Crippen molar-refractivity contribution in [3.63, 3.8) is 0 Å². The second-order valence-corrected chi connectivity index (χ2v) is 5.96. The number of hydrogen-bond donors (Lipinski definition) is 0. The van der Waals surface area contributed by atoms with Gasteiger partial charge in [0.2, 0.25) is 0 Å². The van der Waals surface area contributed by atoms with E-state index in [4.69, 9.17) is 11.6 Å². The van der Waals surface area contributed by atoms with E-state index < -0.39 is 14.8 Å². The Morgan fingerprint density at radius 1 is 1.30 bits per heavy atom. The number of alkyl halides is 6. The molecule has 6 heteroatoms. The fraction of sp³-hybridized carbons (Fsp3) is 1.00. The van der Waals surface area contributed by atoms with Crippen LogP contribution < -0.4 is 0 Å². The summed E-state index contributed by atoms with van der Waals surface area (Å²) in [6, 6.07) is 0. The van der Waals surface area contributed by atoms with E-state index in [2.05, 4.69) is 31.9 Å². The average molecular weight is 304 g/mol. The van der Waals surface area contributed by atoms with Crippen LogP contribution in [0.25, 0.3) is 0 Å². The van der Waals surface area contributed by atoms with Gasteiger partial charge in [0.05, 0.1) is 5.38 Å². The maximum atomic E-state index is 11.9. The number of halogens is 6. The molecule has 0 aliphatic rings. The van der Waals surface area contributed by atoms with Crippen molar-refractivity contribution in [2.24, 2.45) is 0 Å². The monoisotopic (exact) mass is 302 g/mol. The Labute approximate surface area is 78.4 Å². The van der Waals surface area contributed by atoms with E-state index >= 15 is 0 Å². The summed E-state index contributed by atoms with van der Waals surface area (Å²) in [4.78, 5) is 0. The Morgan fingerprint density at radius 3 is 1.60 bits per heavy atom. The van der Waals surface area contributed by atoms with Crippen molar-refractivity contribution in [1.29, 1.82) is 0 Å². The van der Waals surface area contributed by atoms with Gasteiger partial charge in [0.25, 0.3) is 0 Å². The van der Waals surface area contributed by atoms with Gasteiger partial charge in [-0.15, -0.1) is 11.6 Å². The molecule has 0 radical (unpaired) electrons. The molecular formula is C4H4Br2ClF3. The molecule has 0 amide bonds. The van der Waals surface area contributed by atoms with E-state index in [-0.39, 0.29) is 0 Å². The highest BCUT2D eigenvalue weighted by molar-refractivity contribution is 9.25. The fourth-order valence-electron chi connectivity index (χ4n) is 0.226. The summed E-state index contributed by atoms with van der Waals surface area (Å²) in [5, 5.41) is -1.06. The molecule has 1 atom stereocenters. The molecule has 0 aromatic rings. The van der Waals surface area contributed by atoms with Gasteiger partial charge in [-0.2, -0.15) is 13.2 Å². The first kappa shape index (κ1) is 11.0. The minimum atomic E-state index is -4.38. The highest BCUT2D eigenvalue weighted by Gasteiger charge is 2.54. The molecule has 0 aromatic carbocycles. The van der Waals surface area contributed by atoms with Gasteiger partial charge < -0.3 is 0 Å². The lowest BCUT2D eigenvalue weighted by atomic mass is 10.3. The molecule has 0 saturated heterocycles. The topological polar surface area (TPSA) is 0 Å². The van der Waals surface area contributed by atoms with Crippen molar-refractivity contribution in [2.75, 3.05) is 0 Å². The van der Waals surface area contributed by atoms with Crippen molar-refractivity contribution >= 4 is 43.5 Å². The molecule has 62 valence electrons. The fourth-order valence-corrected chi connectivity index (χ4v) is 0.349. The van der Waals surface area contributed by atoms with Crippen LogP contribution >= 0.6 is 43.5 Å². The number of rotatable bonds is 1. The summed E-state index contributed by atoms with van der Waals surface area (Å²) in [5.74, 6) is 0. The highest BCUT2D eigenvalue weighted by atomic mass is 79.9. The lowest BCUT2D eigenvalue weighted by Crippen LogP contribution is -2.39. The second kappa shape index (κ2) is 3.19. The summed E-state index contributed by atoms with van der Waals surface area (Å²) < 4.78 is 33.5. The third-order valence-corrected chi connectivity index (χ3v) is 4.00. The first-order valence-corrected chi connectivity index (χ1v) is 4.30. The van der Waals surface area contributed by atoms with Crippen LogP contribution in [0.15, 0.2) is 0 Å². The number of hydrogen-bond acceptors (Lipinski definition) is 0. The van der Waals surface area contributed by atoms with Gasteiger partial charge in [-0.25, -0.2) is 0 Å². The highest BCUT2D eigenvalue weighted by Crippen LogP contribution is 2.47. The summed E-state index contributed by atoms with van der Waals surface area (Å²) in [6.07, 6.45) is -4.38. The molecule has 0 aromatic heterocycles. The van der Waals surface area contributed by atoms with Gasteiger partial charge in [-0.05, 0) is 6.92 Å². The minimum absolute atomic E-state index is 1.06. The standard InChI is InChI=1S/C4H4Br2ClF3/c1-2(7)3(5,6)4(8,9)10/h2H,1H3. The second-order valence-electron chi connectivity index (χ2n) is 1.74. The molecule has 0 nitrogen and oxygen atoms in total. The van der Waals surface area contributed by atoms with Crippen molar-refractivity contribution in [1.82, 2.24) is 0 Å². The van der Waals surface area contributed by atoms with Crippen LogP contribution in [0.2, 0.25) is 0 Å². The summed E-state index contributed by atoms with van der Waals surface area (Å²) in [7, 11) is 0. The maximum Gasteiger partial charge on any atom is 0.414 e. The van der Waals surface area contributed by atoms with Crippen LogP contribution in [0.3, 0.4) is 0 Å². The van der Waals surface area contributed by atoms with E-state index in [0.717, 1.165) is 0 Å². The SMILES string of the molecule is CC(Cl)C(Br)(Br)C(F)(F)F. The van der Waals surface area contributed by atoms with E-state index in [0.29, 0.717) is 0 Å². The predicted molar refractivity (Wildman–Crippen MR) is 42.0 cm³/mol. The average Bonchev–Trinajstić information content (AvgIpc) is 1.62. The summed E-state index contributed by atoms with van der Waals surface area (Å²) >= 11 is 10.1. The maximum absolute atomic E-state index is 11.9. The normalized spacial score (nSPS) is 17.1. The van der Waals surface area contributed by atoms with Crippen LogP contribution in [0.5, 0.6) is 0 Å². The van der Waals surface area contributed by atoms with Crippen LogP contribution in [0.1, 0.15) is 6.92 Å². The minimum Gasteiger partial charge on any atom is -0.168 e. The van der Waals surface area contributed by atoms with Crippen LogP contribution in [0.4, 0.5) is 13.2 Å². The van der Waals surface area contributed by atoms with E-state index in [1.54, 1.807) is 0 Å². The van der Waals surface area contributed by atoms with Crippen LogP contribution in [-0.2, 0) is 0 Å². The zero-order chi connectivity index (χ0) is 8.58. The molecule has 0 rings (SSSR count). The largest absolute Gasteiger partial charge is 0.414 e. The molecule has 0 fully saturated rings. The zero-order valence-electron chi connectivity index (χ0n) is 4.85. The molecule has 0 aliphatic carbocycles. The lowest BCUT2D eigenvalue weighted by Gasteiger charge is -2.25. The molecule has 0 saturated carbocycles. The van der Waals surface area contributed by atoms with Crippen molar-refractivity contribution in [3.8, 4) is 0 Å². The van der Waals surface area contributed by atoms with Gasteiger partial charge in [0.15, 0.2) is 3.23 Å². The Hall–Kier alpha value is 1.04. The van der Waals surface area contributed by atoms with Gasteiger partial charge in [-0.3, -0.25) is 0 Å². The molecule has 0 spiro atoms. The van der Waals surface area contributed by atoms with Gasteiger partial charge >= 0.3 is 6.18 Å².